The average molecular weight is 569 g/mol. The lowest BCUT2D eigenvalue weighted by Crippen LogP contribution is -2.40. The molecule has 0 bridgehead atoms. The SMILES string of the molecule is C=CCOc1ccccc1/C=c1/sc2n(c1=O)[C@@H](c1ccc(OC)c(Br)c1)C(C(=O)OCC)=C(C)N=2. The fourth-order valence-corrected chi connectivity index (χ4v) is 5.58. The summed E-state index contributed by atoms with van der Waals surface area (Å²) in [5, 5.41) is 0. The Balaban J connectivity index is 1.94. The Morgan fingerprint density at radius 2 is 2.03 bits per heavy atom. The Morgan fingerprint density at radius 1 is 1.25 bits per heavy atom. The van der Waals surface area contributed by atoms with Crippen LogP contribution >= 0.6 is 27.3 Å². The first-order chi connectivity index (χ1) is 17.4. The number of carbonyl (C=O) groups is 1. The van der Waals surface area contributed by atoms with Gasteiger partial charge in [0.05, 0.1) is 40.0 Å². The monoisotopic (exact) mass is 568 g/mol. The molecule has 0 aliphatic carbocycles. The quantitative estimate of drug-likeness (QED) is 0.301. The number of carbonyl (C=O) groups excluding carboxylic acids is 1. The largest absolute Gasteiger partial charge is 0.496 e. The molecule has 2 aromatic carbocycles. The number of benzene rings is 2. The Labute approximate surface area is 220 Å². The van der Waals surface area contributed by atoms with Crippen LogP contribution in [0.25, 0.3) is 6.08 Å². The van der Waals surface area contributed by atoms with E-state index in [1.54, 1.807) is 43.7 Å². The molecule has 0 saturated carbocycles. The van der Waals surface area contributed by atoms with E-state index in [9.17, 15) is 9.59 Å². The van der Waals surface area contributed by atoms with Crippen LogP contribution < -0.4 is 24.4 Å². The Hall–Kier alpha value is -3.43. The predicted octanol–water partition coefficient (Wildman–Crippen LogP) is 4.13. The van der Waals surface area contributed by atoms with Gasteiger partial charge in [0.25, 0.3) is 5.56 Å². The lowest BCUT2D eigenvalue weighted by atomic mass is 9.96. The van der Waals surface area contributed by atoms with Crippen LogP contribution in [0.15, 0.2) is 80.6 Å². The number of thiazole rings is 1. The van der Waals surface area contributed by atoms with Gasteiger partial charge in [-0.25, -0.2) is 9.79 Å². The van der Waals surface area contributed by atoms with E-state index in [0.29, 0.717) is 43.2 Å². The molecule has 36 heavy (non-hydrogen) atoms. The van der Waals surface area contributed by atoms with Crippen molar-refractivity contribution in [3.05, 3.63) is 102 Å². The van der Waals surface area contributed by atoms with Crippen LogP contribution in [0.2, 0.25) is 0 Å². The van der Waals surface area contributed by atoms with Crippen LogP contribution in [-0.4, -0.2) is 30.9 Å². The molecule has 2 heterocycles. The molecular weight excluding hydrogens is 544 g/mol. The molecule has 3 aromatic rings. The molecular formula is C27H25BrN2O5S. The summed E-state index contributed by atoms with van der Waals surface area (Å²) in [5.74, 6) is 0.774. The maximum absolute atomic E-state index is 13.8. The van der Waals surface area contributed by atoms with Crippen molar-refractivity contribution in [3.8, 4) is 11.5 Å². The number of esters is 1. The van der Waals surface area contributed by atoms with E-state index in [2.05, 4.69) is 27.5 Å². The van der Waals surface area contributed by atoms with Crippen LogP contribution in [-0.2, 0) is 9.53 Å². The van der Waals surface area contributed by atoms with E-state index < -0.39 is 12.0 Å². The molecule has 0 saturated heterocycles. The van der Waals surface area contributed by atoms with E-state index in [0.717, 1.165) is 11.1 Å². The second-order valence-electron chi connectivity index (χ2n) is 7.83. The predicted molar refractivity (Wildman–Crippen MR) is 143 cm³/mol. The highest BCUT2D eigenvalue weighted by Crippen LogP contribution is 2.35. The minimum Gasteiger partial charge on any atom is -0.496 e. The summed E-state index contributed by atoms with van der Waals surface area (Å²) in [6, 6.07) is 12.2. The van der Waals surface area contributed by atoms with Crippen LogP contribution in [0.1, 0.15) is 31.0 Å². The Kier molecular flexibility index (Phi) is 7.91. The highest BCUT2D eigenvalue weighted by Gasteiger charge is 2.33. The lowest BCUT2D eigenvalue weighted by molar-refractivity contribution is -0.139. The van der Waals surface area contributed by atoms with Gasteiger partial charge in [0, 0.05) is 5.56 Å². The number of fused-ring (bicyclic) bond motifs is 1. The van der Waals surface area contributed by atoms with Gasteiger partial charge in [-0.3, -0.25) is 9.36 Å². The molecule has 9 heteroatoms. The third-order valence-electron chi connectivity index (χ3n) is 5.57. The van der Waals surface area contributed by atoms with Gasteiger partial charge in [-0.05, 0) is 59.6 Å². The number of nitrogens with zero attached hydrogens (tertiary/aromatic N) is 2. The van der Waals surface area contributed by atoms with Gasteiger partial charge in [-0.2, -0.15) is 0 Å². The first-order valence-electron chi connectivity index (χ1n) is 11.2. The van der Waals surface area contributed by atoms with Crippen LogP contribution in [0.5, 0.6) is 11.5 Å². The smallest absolute Gasteiger partial charge is 0.338 e. The molecule has 1 aliphatic heterocycles. The van der Waals surface area contributed by atoms with Crippen molar-refractivity contribution in [2.75, 3.05) is 20.3 Å². The molecule has 0 unspecified atom stereocenters. The summed E-state index contributed by atoms with van der Waals surface area (Å²) in [7, 11) is 1.58. The summed E-state index contributed by atoms with van der Waals surface area (Å²) in [5.41, 5.74) is 2.05. The van der Waals surface area contributed by atoms with Crippen LogP contribution in [0, 0.1) is 0 Å². The normalized spacial score (nSPS) is 15.2. The van der Waals surface area contributed by atoms with Crippen LogP contribution in [0.4, 0.5) is 0 Å². The number of aromatic nitrogens is 1. The summed E-state index contributed by atoms with van der Waals surface area (Å²) in [6.45, 7) is 7.75. The minimum absolute atomic E-state index is 0.209. The lowest BCUT2D eigenvalue weighted by Gasteiger charge is -2.25. The van der Waals surface area contributed by atoms with Crippen molar-refractivity contribution in [2.24, 2.45) is 4.99 Å². The van der Waals surface area contributed by atoms with E-state index in [-0.39, 0.29) is 12.2 Å². The van der Waals surface area contributed by atoms with Gasteiger partial charge in [0.15, 0.2) is 4.80 Å². The van der Waals surface area contributed by atoms with E-state index in [1.807, 2.05) is 36.4 Å². The van der Waals surface area contributed by atoms with Crippen molar-refractivity contribution in [2.45, 2.75) is 19.9 Å². The summed E-state index contributed by atoms with van der Waals surface area (Å²) >= 11 is 4.78. The molecule has 0 fully saturated rings. The van der Waals surface area contributed by atoms with Crippen molar-refractivity contribution in [1.82, 2.24) is 4.57 Å². The number of allylic oxidation sites excluding steroid dienone is 1. The third kappa shape index (κ3) is 4.94. The van der Waals surface area contributed by atoms with E-state index in [4.69, 9.17) is 14.2 Å². The zero-order chi connectivity index (χ0) is 25.8. The maximum atomic E-state index is 13.8. The zero-order valence-electron chi connectivity index (χ0n) is 20.1. The summed E-state index contributed by atoms with van der Waals surface area (Å²) in [4.78, 5) is 31.9. The van der Waals surface area contributed by atoms with Crippen molar-refractivity contribution >= 4 is 39.3 Å². The zero-order valence-corrected chi connectivity index (χ0v) is 22.5. The van der Waals surface area contributed by atoms with Crippen LogP contribution in [0.3, 0.4) is 0 Å². The number of para-hydroxylation sites is 1. The number of methoxy groups -OCH3 is 1. The van der Waals surface area contributed by atoms with Crippen molar-refractivity contribution in [3.63, 3.8) is 0 Å². The number of rotatable bonds is 8. The summed E-state index contributed by atoms with van der Waals surface area (Å²) < 4.78 is 19.2. The highest BCUT2D eigenvalue weighted by molar-refractivity contribution is 9.10. The number of hydrogen-bond acceptors (Lipinski definition) is 7. The third-order valence-corrected chi connectivity index (χ3v) is 7.17. The van der Waals surface area contributed by atoms with E-state index >= 15 is 0 Å². The van der Waals surface area contributed by atoms with Gasteiger partial charge in [-0.1, -0.05) is 48.3 Å². The van der Waals surface area contributed by atoms with Crippen molar-refractivity contribution < 1.29 is 19.0 Å². The minimum atomic E-state index is -0.711. The Morgan fingerprint density at radius 3 is 2.72 bits per heavy atom. The van der Waals surface area contributed by atoms with E-state index in [1.165, 1.54) is 11.3 Å². The molecule has 0 amide bonds. The second kappa shape index (κ2) is 11.1. The number of halogens is 1. The molecule has 4 rings (SSSR count). The molecule has 1 atom stereocenters. The maximum Gasteiger partial charge on any atom is 0.338 e. The van der Waals surface area contributed by atoms with Gasteiger partial charge >= 0.3 is 5.97 Å². The molecule has 0 spiro atoms. The standard InChI is InChI=1S/C27H25BrN2O5S/c1-5-13-35-20-10-8-7-9-17(20)15-22-25(31)30-24(18-11-12-21(33-4)19(28)14-18)23(26(32)34-6-2)16(3)29-27(30)36-22/h5,7-12,14-15,24H,1,6,13H2,2-4H3/b22-15+/t24-/m0/s1. The molecule has 0 radical (unpaired) electrons. The van der Waals surface area contributed by atoms with Gasteiger partial charge in [0.1, 0.15) is 18.1 Å². The molecule has 1 aromatic heterocycles. The Bertz CT molecular complexity index is 1540. The van der Waals surface area contributed by atoms with Gasteiger partial charge < -0.3 is 14.2 Å². The number of hydrogen-bond donors (Lipinski definition) is 0. The average Bonchev–Trinajstić information content (AvgIpc) is 3.16. The topological polar surface area (TPSA) is 79.1 Å². The first kappa shape index (κ1) is 25.7. The fraction of sp³-hybridized carbons (Fsp3) is 0.222. The molecule has 186 valence electrons. The fourth-order valence-electron chi connectivity index (χ4n) is 3.98. The summed E-state index contributed by atoms with van der Waals surface area (Å²) in [6.07, 6.45) is 3.45. The second-order valence-corrected chi connectivity index (χ2v) is 9.70. The first-order valence-corrected chi connectivity index (χ1v) is 12.9. The van der Waals surface area contributed by atoms with Gasteiger partial charge in [-0.15, -0.1) is 0 Å². The molecule has 7 nitrogen and oxygen atoms in total. The highest BCUT2D eigenvalue weighted by atomic mass is 79.9. The molecule has 1 aliphatic rings. The molecule has 0 N–H and O–H groups in total. The van der Waals surface area contributed by atoms with Gasteiger partial charge in [0.2, 0.25) is 0 Å². The van der Waals surface area contributed by atoms with Crippen molar-refractivity contribution in [1.29, 1.82) is 0 Å². The number of ether oxygens (including phenoxy) is 3.